The van der Waals surface area contributed by atoms with Gasteiger partial charge in [0.25, 0.3) is 0 Å². The summed E-state index contributed by atoms with van der Waals surface area (Å²) in [7, 11) is -1.87. The van der Waals surface area contributed by atoms with Crippen LogP contribution in [-0.4, -0.2) is 61.9 Å². The third kappa shape index (κ3) is 6.54. The highest BCUT2D eigenvalue weighted by atomic mass is 32.2. The van der Waals surface area contributed by atoms with Crippen LogP contribution in [0.25, 0.3) is 11.1 Å². The van der Waals surface area contributed by atoms with Gasteiger partial charge in [-0.3, -0.25) is 9.59 Å². The molecule has 10 nitrogen and oxygen atoms in total. The largest absolute Gasteiger partial charge is 0.444 e. The molecule has 3 N–H and O–H groups in total. The van der Waals surface area contributed by atoms with Crippen molar-refractivity contribution in [2.45, 2.75) is 69.0 Å². The Morgan fingerprint density at radius 2 is 1.70 bits per heavy atom. The quantitative estimate of drug-likeness (QED) is 0.495. The summed E-state index contributed by atoms with van der Waals surface area (Å²) in [4.78, 5) is 38.8. The standard InChI is InChI=1S/C29H37N3O7S/c1-28(2,3)39-27(35)31-29(11-13-38-14-12-29)25(33)17-22(26(30)34)15-19-5-7-20(8-6-19)21-9-10-24-23(16-21)18-32(4)40(24,36)37/h5-10,16,22H,11-15,17-18H2,1-4H3,(H2,30,34)(H,31,35)/t22-/m1/s1. The summed E-state index contributed by atoms with van der Waals surface area (Å²) in [5.74, 6) is -1.64. The van der Waals surface area contributed by atoms with Crippen molar-refractivity contribution >= 4 is 27.8 Å². The molecule has 0 spiro atoms. The van der Waals surface area contributed by atoms with Crippen LogP contribution in [0.2, 0.25) is 0 Å². The first-order chi connectivity index (χ1) is 18.7. The molecule has 2 aromatic carbocycles. The van der Waals surface area contributed by atoms with Gasteiger partial charge in [0.2, 0.25) is 15.9 Å². The molecule has 2 amide bonds. The minimum Gasteiger partial charge on any atom is -0.444 e. The van der Waals surface area contributed by atoms with Crippen molar-refractivity contribution in [3.8, 4) is 11.1 Å². The predicted octanol–water partition coefficient (Wildman–Crippen LogP) is 3.16. The summed E-state index contributed by atoms with van der Waals surface area (Å²) < 4.78 is 36.9. The number of hydrogen-bond acceptors (Lipinski definition) is 7. The Morgan fingerprint density at radius 1 is 1.07 bits per heavy atom. The monoisotopic (exact) mass is 571 g/mol. The first-order valence-electron chi connectivity index (χ1n) is 13.3. The van der Waals surface area contributed by atoms with Gasteiger partial charge in [-0.25, -0.2) is 13.2 Å². The molecule has 4 rings (SSSR count). The molecular formula is C29H37N3O7S. The van der Waals surface area contributed by atoms with E-state index in [0.717, 1.165) is 22.3 Å². The van der Waals surface area contributed by atoms with Crippen molar-refractivity contribution in [1.29, 1.82) is 0 Å². The second-order valence-corrected chi connectivity index (χ2v) is 13.5. The van der Waals surface area contributed by atoms with E-state index in [2.05, 4.69) is 5.32 Å². The van der Waals surface area contributed by atoms with E-state index in [-0.39, 0.29) is 31.5 Å². The SMILES string of the molecule is CN1Cc2cc(-c3ccc(C[C@H](CC(=O)C4(NC(=O)OC(C)(C)C)CCOCC4)C(N)=O)cc3)ccc2S1(=O)=O. The average molecular weight is 572 g/mol. The Bertz CT molecular complexity index is 1390. The summed E-state index contributed by atoms with van der Waals surface area (Å²) in [5.41, 5.74) is 7.15. The number of ether oxygens (including phenoxy) is 2. The fourth-order valence-corrected chi connectivity index (χ4v) is 6.47. The highest BCUT2D eigenvalue weighted by Gasteiger charge is 2.43. The Labute approximate surface area is 235 Å². The molecule has 40 heavy (non-hydrogen) atoms. The molecule has 0 unspecified atom stereocenters. The smallest absolute Gasteiger partial charge is 0.408 e. The van der Waals surface area contributed by atoms with E-state index in [0.29, 0.717) is 24.7 Å². The summed E-state index contributed by atoms with van der Waals surface area (Å²) in [5, 5.41) is 2.76. The summed E-state index contributed by atoms with van der Waals surface area (Å²) in [6.07, 6.45) is 0.00396. The topological polar surface area (TPSA) is 145 Å². The lowest BCUT2D eigenvalue weighted by molar-refractivity contribution is -0.133. The Hall–Kier alpha value is -3.28. The van der Waals surface area contributed by atoms with E-state index in [4.69, 9.17) is 15.2 Å². The predicted molar refractivity (Wildman–Crippen MR) is 149 cm³/mol. The van der Waals surface area contributed by atoms with Crippen molar-refractivity contribution in [3.05, 3.63) is 53.6 Å². The van der Waals surface area contributed by atoms with Gasteiger partial charge in [0.1, 0.15) is 11.1 Å². The normalized spacial score (nSPS) is 18.9. The maximum absolute atomic E-state index is 13.5. The summed E-state index contributed by atoms with van der Waals surface area (Å²) in [6, 6.07) is 12.8. The molecule has 0 aromatic heterocycles. The Balaban J connectivity index is 1.47. The highest BCUT2D eigenvalue weighted by Crippen LogP contribution is 2.33. The minimum atomic E-state index is -3.42. The van der Waals surface area contributed by atoms with E-state index in [9.17, 15) is 22.8 Å². The van der Waals surface area contributed by atoms with Gasteiger partial charge < -0.3 is 20.5 Å². The molecule has 0 saturated carbocycles. The number of carbonyl (C=O) groups is 3. The van der Waals surface area contributed by atoms with Crippen molar-refractivity contribution in [2.75, 3.05) is 20.3 Å². The van der Waals surface area contributed by atoms with Gasteiger partial charge in [-0.05, 0) is 61.6 Å². The molecule has 0 radical (unpaired) electrons. The molecular weight excluding hydrogens is 534 g/mol. The lowest BCUT2D eigenvalue weighted by atomic mass is 9.80. The molecule has 1 fully saturated rings. The second kappa shape index (κ2) is 11.3. The highest BCUT2D eigenvalue weighted by molar-refractivity contribution is 7.89. The number of ketones is 1. The summed E-state index contributed by atoms with van der Waals surface area (Å²) in [6.45, 7) is 6.16. The van der Waals surface area contributed by atoms with Crippen LogP contribution in [0.3, 0.4) is 0 Å². The van der Waals surface area contributed by atoms with E-state index in [1.807, 2.05) is 30.3 Å². The molecule has 0 bridgehead atoms. The number of primary amides is 1. The Kier molecular flexibility index (Phi) is 8.39. The van der Waals surface area contributed by atoms with Crippen LogP contribution in [0, 0.1) is 5.92 Å². The van der Waals surface area contributed by atoms with Crippen LogP contribution in [-0.2, 0) is 42.1 Å². The molecule has 2 aliphatic rings. The number of nitrogens with two attached hydrogens (primary N) is 1. The van der Waals surface area contributed by atoms with Crippen LogP contribution in [0.1, 0.15) is 51.2 Å². The third-order valence-corrected chi connectivity index (χ3v) is 9.27. The first kappa shape index (κ1) is 29.7. The number of alkyl carbamates (subject to hydrolysis) is 1. The van der Waals surface area contributed by atoms with E-state index >= 15 is 0 Å². The number of nitrogens with zero attached hydrogens (tertiary/aromatic N) is 1. The van der Waals surface area contributed by atoms with Gasteiger partial charge in [0, 0.05) is 52.0 Å². The maximum atomic E-state index is 13.5. The number of hydrogen-bond donors (Lipinski definition) is 2. The second-order valence-electron chi connectivity index (χ2n) is 11.5. The number of rotatable bonds is 8. The van der Waals surface area contributed by atoms with Crippen LogP contribution in [0.4, 0.5) is 4.79 Å². The minimum absolute atomic E-state index is 0.125. The number of sulfonamides is 1. The summed E-state index contributed by atoms with van der Waals surface area (Å²) >= 11 is 0. The number of amides is 2. The number of benzene rings is 2. The van der Waals surface area contributed by atoms with Crippen LogP contribution >= 0.6 is 0 Å². The zero-order valence-corrected chi connectivity index (χ0v) is 24.2. The molecule has 2 aromatic rings. The lowest BCUT2D eigenvalue weighted by Crippen LogP contribution is -2.58. The van der Waals surface area contributed by atoms with Crippen LogP contribution < -0.4 is 11.1 Å². The number of Topliss-reactive ketones (excluding diaryl/α,β-unsaturated/α-hetero) is 1. The molecule has 11 heteroatoms. The van der Waals surface area contributed by atoms with Crippen LogP contribution in [0.15, 0.2) is 47.4 Å². The molecule has 1 atom stereocenters. The van der Waals surface area contributed by atoms with Crippen molar-refractivity contribution in [3.63, 3.8) is 0 Å². The molecule has 1 saturated heterocycles. The van der Waals surface area contributed by atoms with Gasteiger partial charge in [0.15, 0.2) is 5.78 Å². The van der Waals surface area contributed by atoms with E-state index in [1.54, 1.807) is 40.0 Å². The van der Waals surface area contributed by atoms with Crippen LogP contribution in [0.5, 0.6) is 0 Å². The van der Waals surface area contributed by atoms with Gasteiger partial charge in [0.05, 0.1) is 4.90 Å². The maximum Gasteiger partial charge on any atom is 0.408 e. The molecule has 0 aliphatic carbocycles. The zero-order chi connectivity index (χ0) is 29.3. The van der Waals surface area contributed by atoms with E-state index in [1.165, 1.54) is 4.31 Å². The van der Waals surface area contributed by atoms with E-state index < -0.39 is 39.1 Å². The number of carbonyl (C=O) groups excluding carboxylic acids is 3. The fraction of sp³-hybridized carbons (Fsp3) is 0.483. The zero-order valence-electron chi connectivity index (χ0n) is 23.4. The van der Waals surface area contributed by atoms with Gasteiger partial charge >= 0.3 is 6.09 Å². The average Bonchev–Trinajstić information content (AvgIpc) is 3.10. The molecule has 216 valence electrons. The molecule has 2 heterocycles. The van der Waals surface area contributed by atoms with Crippen molar-refractivity contribution in [2.24, 2.45) is 11.7 Å². The molecule has 2 aliphatic heterocycles. The number of nitrogens with one attached hydrogen (secondary N) is 1. The Morgan fingerprint density at radius 3 is 2.30 bits per heavy atom. The van der Waals surface area contributed by atoms with Gasteiger partial charge in [-0.2, -0.15) is 4.31 Å². The first-order valence-corrected chi connectivity index (χ1v) is 14.7. The fourth-order valence-electron chi connectivity index (χ4n) is 5.13. The van der Waals surface area contributed by atoms with Crippen molar-refractivity contribution in [1.82, 2.24) is 9.62 Å². The number of fused-ring (bicyclic) bond motifs is 1. The lowest BCUT2D eigenvalue weighted by Gasteiger charge is -2.37. The van der Waals surface area contributed by atoms with Crippen molar-refractivity contribution < 1.29 is 32.3 Å². The van der Waals surface area contributed by atoms with Gasteiger partial charge in [-0.15, -0.1) is 0 Å². The third-order valence-electron chi connectivity index (χ3n) is 7.37. The van der Waals surface area contributed by atoms with Gasteiger partial charge in [-0.1, -0.05) is 30.3 Å².